The first-order valence-electron chi connectivity index (χ1n) is 8.96. The minimum Gasteiger partial charge on any atom is -0.355 e. The van der Waals surface area contributed by atoms with Crippen LogP contribution in [0, 0.1) is 5.92 Å². The highest BCUT2D eigenvalue weighted by Crippen LogP contribution is 2.18. The molecule has 0 aromatic rings. The number of likely N-dealkylation sites (tertiary alicyclic amines) is 2. The molecule has 0 bridgehead atoms. The third-order valence-corrected chi connectivity index (χ3v) is 4.88. The largest absolute Gasteiger partial charge is 0.355 e. The molecule has 5 heteroatoms. The van der Waals surface area contributed by atoms with Crippen molar-refractivity contribution in [2.75, 3.05) is 39.3 Å². The molecular weight excluding hydrogens is 276 g/mol. The lowest BCUT2D eigenvalue weighted by atomic mass is 9.95. The molecule has 0 aromatic heterocycles. The van der Waals surface area contributed by atoms with Crippen LogP contribution in [0.4, 0.5) is 0 Å². The first-order chi connectivity index (χ1) is 10.5. The minimum atomic E-state index is 0.224. The Hall–Kier alpha value is -0.650. The molecule has 0 aliphatic carbocycles. The zero-order valence-electron chi connectivity index (χ0n) is 14.8. The molecule has 2 saturated heterocycles. The van der Waals surface area contributed by atoms with Crippen LogP contribution in [0.2, 0.25) is 0 Å². The summed E-state index contributed by atoms with van der Waals surface area (Å²) in [4.78, 5) is 17.1. The molecule has 1 amide bonds. The van der Waals surface area contributed by atoms with Crippen molar-refractivity contribution in [1.82, 2.24) is 20.4 Å². The van der Waals surface area contributed by atoms with E-state index < -0.39 is 0 Å². The van der Waals surface area contributed by atoms with E-state index in [1.54, 1.807) is 0 Å². The third kappa shape index (κ3) is 5.21. The molecule has 0 atom stereocenters. The standard InChI is InChI=1S/C17H34N4O/c1-13(2)19-16-11-20(12-16)10-7-18-17(22)15-5-8-21(9-6-15)14(3)4/h13-16,19H,5-12H2,1-4H3,(H,18,22). The van der Waals surface area contributed by atoms with Gasteiger partial charge in [-0.2, -0.15) is 0 Å². The van der Waals surface area contributed by atoms with E-state index in [2.05, 4.69) is 48.1 Å². The van der Waals surface area contributed by atoms with E-state index >= 15 is 0 Å². The number of hydrogen-bond donors (Lipinski definition) is 2. The van der Waals surface area contributed by atoms with Crippen molar-refractivity contribution in [3.05, 3.63) is 0 Å². The smallest absolute Gasteiger partial charge is 0.223 e. The van der Waals surface area contributed by atoms with Crippen LogP contribution in [-0.2, 0) is 4.79 Å². The second-order valence-corrected chi connectivity index (χ2v) is 7.47. The van der Waals surface area contributed by atoms with Crippen LogP contribution in [-0.4, -0.2) is 73.1 Å². The van der Waals surface area contributed by atoms with Gasteiger partial charge in [0.1, 0.15) is 0 Å². The molecule has 2 rings (SSSR count). The molecule has 2 N–H and O–H groups in total. The van der Waals surface area contributed by atoms with Crippen molar-refractivity contribution in [2.45, 2.75) is 58.7 Å². The minimum absolute atomic E-state index is 0.224. The average molecular weight is 310 g/mol. The van der Waals surface area contributed by atoms with Crippen LogP contribution < -0.4 is 10.6 Å². The lowest BCUT2D eigenvalue weighted by molar-refractivity contribution is -0.126. The van der Waals surface area contributed by atoms with Gasteiger partial charge in [0.15, 0.2) is 0 Å². The Kier molecular flexibility index (Phi) is 6.66. The quantitative estimate of drug-likeness (QED) is 0.734. The number of hydrogen-bond acceptors (Lipinski definition) is 4. The number of carbonyl (C=O) groups excluding carboxylic acids is 1. The van der Waals surface area contributed by atoms with Gasteiger partial charge in [-0.1, -0.05) is 13.8 Å². The molecule has 2 aliphatic heterocycles. The fourth-order valence-corrected chi connectivity index (χ4v) is 3.49. The van der Waals surface area contributed by atoms with Gasteiger partial charge in [0, 0.05) is 50.2 Å². The molecule has 128 valence electrons. The predicted octanol–water partition coefficient (Wildman–Crippen LogP) is 0.905. The van der Waals surface area contributed by atoms with Gasteiger partial charge in [0.2, 0.25) is 5.91 Å². The van der Waals surface area contributed by atoms with Crippen LogP contribution >= 0.6 is 0 Å². The fraction of sp³-hybridized carbons (Fsp3) is 0.941. The highest BCUT2D eigenvalue weighted by atomic mass is 16.1. The van der Waals surface area contributed by atoms with Crippen LogP contribution in [0.5, 0.6) is 0 Å². The SMILES string of the molecule is CC(C)NC1CN(CCNC(=O)C2CCN(C(C)C)CC2)C1. The average Bonchev–Trinajstić information content (AvgIpc) is 2.44. The summed E-state index contributed by atoms with van der Waals surface area (Å²) < 4.78 is 0. The maximum Gasteiger partial charge on any atom is 0.223 e. The second kappa shape index (κ2) is 8.27. The molecule has 2 fully saturated rings. The van der Waals surface area contributed by atoms with Gasteiger partial charge in [-0.15, -0.1) is 0 Å². The summed E-state index contributed by atoms with van der Waals surface area (Å²) in [5, 5.41) is 6.67. The monoisotopic (exact) mass is 310 g/mol. The summed E-state index contributed by atoms with van der Waals surface area (Å²) in [7, 11) is 0. The Balaban J connectivity index is 1.54. The predicted molar refractivity (Wildman–Crippen MR) is 90.9 cm³/mol. The van der Waals surface area contributed by atoms with Crippen molar-refractivity contribution in [2.24, 2.45) is 5.92 Å². The lowest BCUT2D eigenvalue weighted by Gasteiger charge is -2.41. The summed E-state index contributed by atoms with van der Waals surface area (Å²) in [5.41, 5.74) is 0. The van der Waals surface area contributed by atoms with Crippen LogP contribution in [0.1, 0.15) is 40.5 Å². The number of piperidine rings is 1. The van der Waals surface area contributed by atoms with Crippen LogP contribution in [0.15, 0.2) is 0 Å². The zero-order valence-corrected chi connectivity index (χ0v) is 14.8. The maximum absolute atomic E-state index is 12.2. The Morgan fingerprint density at radius 1 is 1.14 bits per heavy atom. The normalized spacial score (nSPS) is 22.3. The summed E-state index contributed by atoms with van der Waals surface area (Å²) >= 11 is 0. The van der Waals surface area contributed by atoms with Crippen molar-refractivity contribution in [3.8, 4) is 0 Å². The Bertz CT molecular complexity index is 345. The summed E-state index contributed by atoms with van der Waals surface area (Å²) in [5.74, 6) is 0.488. The van der Waals surface area contributed by atoms with Gasteiger partial charge in [0.25, 0.3) is 0 Å². The van der Waals surface area contributed by atoms with Crippen molar-refractivity contribution >= 4 is 5.91 Å². The maximum atomic E-state index is 12.2. The van der Waals surface area contributed by atoms with Crippen molar-refractivity contribution in [1.29, 1.82) is 0 Å². The van der Waals surface area contributed by atoms with Gasteiger partial charge < -0.3 is 15.5 Å². The van der Waals surface area contributed by atoms with Gasteiger partial charge in [-0.3, -0.25) is 9.69 Å². The zero-order chi connectivity index (χ0) is 16.1. The van der Waals surface area contributed by atoms with E-state index in [0.717, 1.165) is 52.1 Å². The van der Waals surface area contributed by atoms with E-state index in [9.17, 15) is 4.79 Å². The highest BCUT2D eigenvalue weighted by Gasteiger charge is 2.28. The number of rotatable bonds is 7. The molecule has 2 heterocycles. The Morgan fingerprint density at radius 2 is 1.77 bits per heavy atom. The molecule has 5 nitrogen and oxygen atoms in total. The van der Waals surface area contributed by atoms with Crippen LogP contribution in [0.3, 0.4) is 0 Å². The third-order valence-electron chi connectivity index (χ3n) is 4.88. The molecular formula is C17H34N4O. The van der Waals surface area contributed by atoms with E-state index in [-0.39, 0.29) is 11.8 Å². The number of carbonyl (C=O) groups is 1. The van der Waals surface area contributed by atoms with E-state index in [4.69, 9.17) is 0 Å². The van der Waals surface area contributed by atoms with Gasteiger partial charge in [-0.25, -0.2) is 0 Å². The van der Waals surface area contributed by atoms with Gasteiger partial charge in [-0.05, 0) is 39.8 Å². The number of amides is 1. The molecule has 0 spiro atoms. The number of nitrogens with zero attached hydrogens (tertiary/aromatic N) is 2. The highest BCUT2D eigenvalue weighted by molar-refractivity contribution is 5.78. The fourth-order valence-electron chi connectivity index (χ4n) is 3.49. The summed E-state index contributed by atoms with van der Waals surface area (Å²) in [6.07, 6.45) is 2.02. The molecule has 0 unspecified atom stereocenters. The first-order valence-corrected chi connectivity index (χ1v) is 8.96. The molecule has 22 heavy (non-hydrogen) atoms. The topological polar surface area (TPSA) is 47.6 Å². The molecule has 0 radical (unpaired) electrons. The number of nitrogens with one attached hydrogen (secondary N) is 2. The Labute approximate surface area is 135 Å². The van der Waals surface area contributed by atoms with Crippen LogP contribution in [0.25, 0.3) is 0 Å². The molecule has 0 aromatic carbocycles. The second-order valence-electron chi connectivity index (χ2n) is 7.47. The van der Waals surface area contributed by atoms with E-state index in [1.165, 1.54) is 0 Å². The van der Waals surface area contributed by atoms with Crippen molar-refractivity contribution < 1.29 is 4.79 Å². The lowest BCUT2D eigenvalue weighted by Crippen LogP contribution is -2.60. The van der Waals surface area contributed by atoms with E-state index in [0.29, 0.717) is 18.1 Å². The van der Waals surface area contributed by atoms with Gasteiger partial charge >= 0.3 is 0 Å². The molecule has 2 aliphatic rings. The van der Waals surface area contributed by atoms with Gasteiger partial charge in [0.05, 0.1) is 0 Å². The van der Waals surface area contributed by atoms with Crippen molar-refractivity contribution in [3.63, 3.8) is 0 Å². The first kappa shape index (κ1) is 17.7. The molecule has 0 saturated carbocycles. The summed E-state index contributed by atoms with van der Waals surface area (Å²) in [6.45, 7) is 15.0. The Morgan fingerprint density at radius 3 is 2.32 bits per heavy atom. The van der Waals surface area contributed by atoms with E-state index in [1.807, 2.05) is 0 Å². The summed E-state index contributed by atoms with van der Waals surface area (Å²) in [6, 6.07) is 1.79.